The highest BCUT2D eigenvalue weighted by Gasteiger charge is 2.30. The summed E-state index contributed by atoms with van der Waals surface area (Å²) in [5.74, 6) is -0.218. The van der Waals surface area contributed by atoms with Gasteiger partial charge in [0, 0.05) is 18.3 Å². The van der Waals surface area contributed by atoms with Crippen molar-refractivity contribution in [1.82, 2.24) is 15.1 Å². The fourth-order valence-corrected chi connectivity index (χ4v) is 2.71. The summed E-state index contributed by atoms with van der Waals surface area (Å²) in [7, 11) is 0. The Morgan fingerprint density at radius 2 is 2.09 bits per heavy atom. The van der Waals surface area contributed by atoms with Gasteiger partial charge in [-0.15, -0.1) is 12.4 Å². The summed E-state index contributed by atoms with van der Waals surface area (Å²) in [6.07, 6.45) is 8.10. The number of halogens is 1. The van der Waals surface area contributed by atoms with Crippen molar-refractivity contribution in [3.63, 3.8) is 0 Å². The van der Waals surface area contributed by atoms with Crippen LogP contribution in [-0.4, -0.2) is 33.7 Å². The predicted octanol–water partition coefficient (Wildman–Crippen LogP) is 0.649. The number of hydrogen-bond acceptors (Lipinski definition) is 4. The number of nitrogens with two attached hydrogens (primary N) is 1. The Kier molecular flexibility index (Phi) is 5.42. The number of hydrogen-bond donors (Lipinski definition) is 3. The van der Waals surface area contributed by atoms with Gasteiger partial charge in [-0.2, -0.15) is 5.10 Å². The van der Waals surface area contributed by atoms with Crippen molar-refractivity contribution >= 4 is 29.9 Å². The van der Waals surface area contributed by atoms with Crippen LogP contribution in [0.1, 0.15) is 32.1 Å². The van der Waals surface area contributed by atoms with Crippen LogP contribution in [0.4, 0.5) is 5.69 Å². The molecule has 3 rings (SSSR count). The van der Waals surface area contributed by atoms with Crippen molar-refractivity contribution in [2.75, 3.05) is 5.32 Å². The van der Waals surface area contributed by atoms with Gasteiger partial charge < -0.3 is 16.4 Å². The maximum atomic E-state index is 12.1. The molecule has 0 radical (unpaired) electrons. The van der Waals surface area contributed by atoms with E-state index in [9.17, 15) is 9.59 Å². The van der Waals surface area contributed by atoms with Crippen molar-refractivity contribution in [1.29, 1.82) is 0 Å². The average Bonchev–Trinajstić information content (AvgIpc) is 2.95. The Balaban J connectivity index is 0.00000176. The predicted molar refractivity (Wildman–Crippen MR) is 84.6 cm³/mol. The third-order valence-corrected chi connectivity index (χ3v) is 4.06. The minimum atomic E-state index is -0.119. The van der Waals surface area contributed by atoms with Crippen molar-refractivity contribution in [2.24, 2.45) is 11.7 Å². The maximum Gasteiger partial charge on any atom is 0.241 e. The van der Waals surface area contributed by atoms with Crippen molar-refractivity contribution < 1.29 is 9.59 Å². The fraction of sp³-hybridized carbons (Fsp3) is 0.643. The van der Waals surface area contributed by atoms with E-state index in [1.54, 1.807) is 12.4 Å². The Morgan fingerprint density at radius 1 is 1.32 bits per heavy atom. The molecule has 2 amide bonds. The van der Waals surface area contributed by atoms with E-state index in [0.29, 0.717) is 11.7 Å². The van der Waals surface area contributed by atoms with Gasteiger partial charge in [0.15, 0.2) is 0 Å². The summed E-state index contributed by atoms with van der Waals surface area (Å²) in [4.78, 5) is 23.8. The summed E-state index contributed by atoms with van der Waals surface area (Å²) >= 11 is 0. The molecule has 2 saturated carbocycles. The number of anilines is 1. The topological polar surface area (TPSA) is 102 Å². The van der Waals surface area contributed by atoms with E-state index in [0.717, 1.165) is 32.1 Å². The van der Waals surface area contributed by atoms with Gasteiger partial charge in [0.05, 0.1) is 17.8 Å². The van der Waals surface area contributed by atoms with Crippen LogP contribution < -0.4 is 16.4 Å². The lowest BCUT2D eigenvalue weighted by molar-refractivity contribution is -0.122. The standard InChI is InChI=1S/C14H21N5O2.ClH/c15-12-3-1-2-11(12)14(21)18-10-6-16-19(7-10)8-13(20)17-9-4-5-9;/h6-7,9,11-12H,1-5,8,15H2,(H,17,20)(H,18,21);1H. The van der Waals surface area contributed by atoms with E-state index in [4.69, 9.17) is 5.73 Å². The van der Waals surface area contributed by atoms with Crippen molar-refractivity contribution in [3.8, 4) is 0 Å². The molecule has 0 spiro atoms. The number of carbonyl (C=O) groups is 2. The van der Waals surface area contributed by atoms with Gasteiger partial charge in [-0.05, 0) is 25.7 Å². The first-order valence-corrected chi connectivity index (χ1v) is 7.50. The second-order valence-corrected chi connectivity index (χ2v) is 5.96. The molecule has 2 fully saturated rings. The molecule has 2 aliphatic rings. The highest BCUT2D eigenvalue weighted by atomic mass is 35.5. The first-order chi connectivity index (χ1) is 10.1. The molecule has 4 N–H and O–H groups in total. The molecule has 122 valence electrons. The van der Waals surface area contributed by atoms with E-state index >= 15 is 0 Å². The molecule has 2 unspecified atom stereocenters. The molecule has 2 aliphatic carbocycles. The number of aromatic nitrogens is 2. The van der Waals surface area contributed by atoms with E-state index in [1.165, 1.54) is 4.68 Å². The Labute approximate surface area is 135 Å². The van der Waals surface area contributed by atoms with E-state index in [1.807, 2.05) is 0 Å². The molecule has 7 nitrogen and oxygen atoms in total. The lowest BCUT2D eigenvalue weighted by atomic mass is 10.0. The number of amides is 2. The van der Waals surface area contributed by atoms with Gasteiger partial charge in [-0.1, -0.05) is 6.42 Å². The third-order valence-electron chi connectivity index (χ3n) is 4.06. The highest BCUT2D eigenvalue weighted by Crippen LogP contribution is 2.25. The zero-order chi connectivity index (χ0) is 14.8. The van der Waals surface area contributed by atoms with Crippen molar-refractivity contribution in [2.45, 2.75) is 50.7 Å². The van der Waals surface area contributed by atoms with E-state index < -0.39 is 0 Å². The molecule has 1 aromatic rings. The Hall–Kier alpha value is -1.60. The first kappa shape index (κ1) is 16.8. The van der Waals surface area contributed by atoms with Gasteiger partial charge in [0.1, 0.15) is 6.54 Å². The van der Waals surface area contributed by atoms with Gasteiger partial charge in [-0.25, -0.2) is 0 Å². The summed E-state index contributed by atoms with van der Waals surface area (Å²) in [6.45, 7) is 0.176. The molecule has 0 aliphatic heterocycles. The lowest BCUT2D eigenvalue weighted by Crippen LogP contribution is -2.34. The zero-order valence-electron chi connectivity index (χ0n) is 12.3. The van der Waals surface area contributed by atoms with Gasteiger partial charge in [-0.3, -0.25) is 14.3 Å². The smallest absolute Gasteiger partial charge is 0.241 e. The largest absolute Gasteiger partial charge is 0.352 e. The van der Waals surface area contributed by atoms with Crippen LogP contribution in [0, 0.1) is 5.92 Å². The lowest BCUT2D eigenvalue weighted by Gasteiger charge is -2.13. The SMILES string of the molecule is Cl.NC1CCCC1C(=O)Nc1cnn(CC(=O)NC2CC2)c1. The summed E-state index contributed by atoms with van der Waals surface area (Å²) in [5.41, 5.74) is 6.53. The molecule has 1 aromatic heterocycles. The summed E-state index contributed by atoms with van der Waals surface area (Å²) in [5, 5.41) is 9.82. The molecule has 0 aromatic carbocycles. The van der Waals surface area contributed by atoms with Crippen LogP contribution >= 0.6 is 12.4 Å². The van der Waals surface area contributed by atoms with Crippen LogP contribution in [0.25, 0.3) is 0 Å². The van der Waals surface area contributed by atoms with Crippen molar-refractivity contribution in [3.05, 3.63) is 12.4 Å². The molecular weight excluding hydrogens is 306 g/mol. The van der Waals surface area contributed by atoms with E-state index in [-0.39, 0.29) is 42.7 Å². The van der Waals surface area contributed by atoms with Crippen LogP contribution in [0.3, 0.4) is 0 Å². The number of nitrogens with zero attached hydrogens (tertiary/aromatic N) is 2. The zero-order valence-corrected chi connectivity index (χ0v) is 13.1. The summed E-state index contributed by atoms with van der Waals surface area (Å²) < 4.78 is 1.53. The van der Waals surface area contributed by atoms with Gasteiger partial charge >= 0.3 is 0 Å². The molecule has 0 saturated heterocycles. The van der Waals surface area contributed by atoms with Crippen LogP contribution in [0.2, 0.25) is 0 Å². The fourth-order valence-electron chi connectivity index (χ4n) is 2.71. The monoisotopic (exact) mass is 327 g/mol. The minimum absolute atomic E-state index is 0. The molecule has 1 heterocycles. The molecule has 8 heteroatoms. The van der Waals surface area contributed by atoms with Crippen LogP contribution in [0.5, 0.6) is 0 Å². The Bertz CT molecular complexity index is 543. The number of nitrogens with one attached hydrogen (secondary N) is 2. The second kappa shape index (κ2) is 7.11. The first-order valence-electron chi connectivity index (χ1n) is 7.50. The molecule has 0 bridgehead atoms. The van der Waals surface area contributed by atoms with Gasteiger partial charge in [0.2, 0.25) is 11.8 Å². The van der Waals surface area contributed by atoms with Gasteiger partial charge in [0.25, 0.3) is 0 Å². The highest BCUT2D eigenvalue weighted by molar-refractivity contribution is 5.93. The third kappa shape index (κ3) is 4.20. The van der Waals surface area contributed by atoms with Crippen LogP contribution in [-0.2, 0) is 16.1 Å². The molecule has 22 heavy (non-hydrogen) atoms. The number of carbonyl (C=O) groups excluding carboxylic acids is 2. The Morgan fingerprint density at radius 3 is 2.73 bits per heavy atom. The quantitative estimate of drug-likeness (QED) is 0.739. The average molecular weight is 328 g/mol. The second-order valence-electron chi connectivity index (χ2n) is 5.96. The normalized spacial score (nSPS) is 23.7. The molecule has 2 atom stereocenters. The number of rotatable bonds is 5. The summed E-state index contributed by atoms with van der Waals surface area (Å²) in [6, 6.07) is 0.292. The maximum absolute atomic E-state index is 12.1. The molecular formula is C14H22ClN5O2. The van der Waals surface area contributed by atoms with E-state index in [2.05, 4.69) is 15.7 Å². The minimum Gasteiger partial charge on any atom is -0.352 e. The van der Waals surface area contributed by atoms with Crippen LogP contribution in [0.15, 0.2) is 12.4 Å².